The number of hydrogen-bond acceptors (Lipinski definition) is 7. The number of nitrogens with one attached hydrogen (secondary N) is 2. The van der Waals surface area contributed by atoms with E-state index in [4.69, 9.17) is 9.73 Å². The van der Waals surface area contributed by atoms with Crippen LogP contribution in [0.2, 0.25) is 0 Å². The number of amides is 1. The normalized spacial score (nSPS) is 19.9. The molecule has 4 rings (SSSR count). The van der Waals surface area contributed by atoms with Crippen LogP contribution in [-0.4, -0.2) is 72.4 Å². The lowest BCUT2D eigenvalue weighted by Crippen LogP contribution is -2.35. The molecule has 11 heteroatoms. The van der Waals surface area contributed by atoms with E-state index in [9.17, 15) is 23.1 Å². The molecule has 0 saturated carbocycles. The summed E-state index contributed by atoms with van der Waals surface area (Å²) in [5, 5.41) is 15.1. The van der Waals surface area contributed by atoms with Gasteiger partial charge in [-0.3, -0.25) is 9.78 Å². The number of amidine groups is 1. The van der Waals surface area contributed by atoms with Crippen LogP contribution >= 0.6 is 0 Å². The molecule has 3 N–H and O–H groups in total. The molecule has 0 spiro atoms. The van der Waals surface area contributed by atoms with Crippen molar-refractivity contribution in [1.29, 1.82) is 0 Å². The second-order valence-electron chi connectivity index (χ2n) is 9.77. The number of pyridine rings is 1. The smallest absolute Gasteiger partial charge is 0.395 e. The molecule has 39 heavy (non-hydrogen) atoms. The second-order valence-corrected chi connectivity index (χ2v) is 9.77. The van der Waals surface area contributed by atoms with Crippen LogP contribution in [0.15, 0.2) is 47.6 Å². The first-order valence-corrected chi connectivity index (χ1v) is 13.1. The summed E-state index contributed by atoms with van der Waals surface area (Å²) in [4.78, 5) is 23.2. The number of carbonyl (C=O) groups is 1. The van der Waals surface area contributed by atoms with E-state index in [1.807, 2.05) is 26.0 Å². The van der Waals surface area contributed by atoms with Gasteiger partial charge in [0.25, 0.3) is 5.91 Å². The summed E-state index contributed by atoms with van der Waals surface area (Å²) in [6, 6.07) is 7.33. The number of halogens is 3. The van der Waals surface area contributed by atoms with E-state index in [0.29, 0.717) is 24.7 Å². The third-order valence-corrected chi connectivity index (χ3v) is 6.91. The Bertz CT molecular complexity index is 1230. The maximum atomic E-state index is 13.1. The molecule has 2 aliphatic heterocycles. The van der Waals surface area contributed by atoms with Crippen LogP contribution in [0.4, 0.5) is 18.9 Å². The van der Waals surface area contributed by atoms with Crippen molar-refractivity contribution in [3.05, 3.63) is 65.0 Å². The molecule has 0 aliphatic carbocycles. The number of rotatable bonds is 9. The molecule has 1 aromatic carbocycles. The van der Waals surface area contributed by atoms with Gasteiger partial charge in [-0.2, -0.15) is 13.2 Å². The highest BCUT2D eigenvalue weighted by atomic mass is 19.4. The van der Waals surface area contributed by atoms with Crippen LogP contribution in [0.5, 0.6) is 0 Å². The van der Waals surface area contributed by atoms with Crippen molar-refractivity contribution in [1.82, 2.24) is 15.2 Å². The van der Waals surface area contributed by atoms with Crippen LogP contribution in [-0.2, 0) is 10.9 Å². The highest BCUT2D eigenvalue weighted by Gasteiger charge is 2.33. The Morgan fingerprint density at radius 3 is 2.69 bits per heavy atom. The van der Waals surface area contributed by atoms with Gasteiger partial charge >= 0.3 is 6.18 Å². The van der Waals surface area contributed by atoms with Crippen molar-refractivity contribution in [2.45, 2.75) is 39.1 Å². The average Bonchev–Trinajstić information content (AvgIpc) is 3.43. The number of aromatic nitrogens is 1. The fourth-order valence-corrected chi connectivity index (χ4v) is 4.75. The lowest BCUT2D eigenvalue weighted by Gasteiger charge is -2.30. The summed E-state index contributed by atoms with van der Waals surface area (Å²) in [5.74, 6) is -0.186. The molecule has 3 heterocycles. The van der Waals surface area contributed by atoms with Gasteiger partial charge in [0.2, 0.25) is 0 Å². The third kappa shape index (κ3) is 7.43. The summed E-state index contributed by atoms with van der Waals surface area (Å²) in [6.07, 6.45) is 0.203. The molecule has 210 valence electrons. The van der Waals surface area contributed by atoms with Gasteiger partial charge in [-0.25, -0.2) is 4.99 Å². The number of nitrogens with zero attached hydrogens (tertiary/aromatic N) is 3. The Hall–Kier alpha value is -3.28. The molecule has 2 aromatic rings. The standard InChI is InChI=1S/C28H34F3N5O3/c1-18-5-6-21(34-26(38)20-7-8-32-24(15-20)28(29,30)31)16-22(18)23-17-25(33-9-13-37)35-27(19(23)2)39-14-12-36-10-3-4-11-36/h5-8,15-17,19,27,37H,3-4,9-14H2,1-2H3,(H,33,35)(H,34,38). The Balaban J connectivity index is 1.54. The Kier molecular flexibility index (Phi) is 9.36. The van der Waals surface area contributed by atoms with E-state index in [1.165, 1.54) is 18.9 Å². The van der Waals surface area contributed by atoms with E-state index < -0.39 is 24.0 Å². The second kappa shape index (κ2) is 12.7. The highest BCUT2D eigenvalue weighted by Crippen LogP contribution is 2.34. The minimum Gasteiger partial charge on any atom is -0.395 e. The molecule has 2 atom stereocenters. The van der Waals surface area contributed by atoms with Gasteiger partial charge in [-0.15, -0.1) is 0 Å². The topological polar surface area (TPSA) is 99.1 Å². The molecule has 8 nitrogen and oxygen atoms in total. The number of dihydropyridines is 1. The maximum absolute atomic E-state index is 13.1. The summed E-state index contributed by atoms with van der Waals surface area (Å²) < 4.78 is 45.4. The molecule has 1 amide bonds. The summed E-state index contributed by atoms with van der Waals surface area (Å²) >= 11 is 0. The van der Waals surface area contributed by atoms with Crippen molar-refractivity contribution in [2.75, 3.05) is 44.7 Å². The fraction of sp³-hybridized carbons (Fsp3) is 0.464. The van der Waals surface area contributed by atoms with Crippen LogP contribution in [0.25, 0.3) is 5.57 Å². The number of aliphatic hydroxyl groups is 1. The largest absolute Gasteiger partial charge is 0.433 e. The molecule has 2 aliphatic rings. The molecule has 1 aromatic heterocycles. The molecular formula is C28H34F3N5O3. The Morgan fingerprint density at radius 1 is 1.21 bits per heavy atom. The van der Waals surface area contributed by atoms with Crippen LogP contribution < -0.4 is 10.6 Å². The van der Waals surface area contributed by atoms with Gasteiger partial charge in [0, 0.05) is 36.5 Å². The van der Waals surface area contributed by atoms with Gasteiger partial charge in [0.15, 0.2) is 6.23 Å². The first kappa shape index (κ1) is 28.7. The number of carbonyl (C=O) groups excluding carboxylic acids is 1. The first-order valence-electron chi connectivity index (χ1n) is 13.1. The zero-order valence-corrected chi connectivity index (χ0v) is 22.1. The monoisotopic (exact) mass is 545 g/mol. The number of aryl methyl sites for hydroxylation is 1. The molecule has 0 radical (unpaired) electrons. The Labute approximate surface area is 226 Å². The average molecular weight is 546 g/mol. The van der Waals surface area contributed by atoms with Crippen LogP contribution in [0.1, 0.15) is 46.9 Å². The van der Waals surface area contributed by atoms with Crippen LogP contribution in [0.3, 0.4) is 0 Å². The molecular weight excluding hydrogens is 511 g/mol. The number of aliphatic imine (C=N–C) groups is 1. The molecule has 1 saturated heterocycles. The summed E-state index contributed by atoms with van der Waals surface area (Å²) in [7, 11) is 0. The van der Waals surface area contributed by atoms with Gasteiger partial charge in [-0.05, 0) is 79.9 Å². The maximum Gasteiger partial charge on any atom is 0.433 e. The first-order chi connectivity index (χ1) is 18.7. The van der Waals surface area contributed by atoms with Gasteiger partial charge < -0.3 is 25.4 Å². The van der Waals surface area contributed by atoms with Gasteiger partial charge in [-0.1, -0.05) is 13.0 Å². The van der Waals surface area contributed by atoms with E-state index >= 15 is 0 Å². The van der Waals surface area contributed by atoms with Crippen molar-refractivity contribution in [3.8, 4) is 0 Å². The summed E-state index contributed by atoms with van der Waals surface area (Å²) in [6.45, 7) is 7.79. The van der Waals surface area contributed by atoms with Crippen molar-refractivity contribution >= 4 is 23.0 Å². The number of aliphatic hydroxyl groups excluding tert-OH is 1. The zero-order chi connectivity index (χ0) is 28.0. The molecule has 0 bridgehead atoms. The van der Waals surface area contributed by atoms with E-state index in [1.54, 1.807) is 12.1 Å². The lowest BCUT2D eigenvalue weighted by atomic mass is 9.87. The third-order valence-electron chi connectivity index (χ3n) is 6.91. The van der Waals surface area contributed by atoms with E-state index in [-0.39, 0.29) is 18.1 Å². The van der Waals surface area contributed by atoms with Gasteiger partial charge in [0.05, 0.1) is 13.2 Å². The Morgan fingerprint density at radius 2 is 1.97 bits per heavy atom. The number of ether oxygens (including phenoxy) is 1. The van der Waals surface area contributed by atoms with Crippen molar-refractivity contribution in [2.24, 2.45) is 10.9 Å². The van der Waals surface area contributed by atoms with Crippen molar-refractivity contribution < 1.29 is 27.8 Å². The predicted octanol–water partition coefficient (Wildman–Crippen LogP) is 4.11. The quantitative estimate of drug-likeness (QED) is 0.439. The number of benzene rings is 1. The number of alkyl halides is 3. The molecule has 2 unspecified atom stereocenters. The van der Waals surface area contributed by atoms with E-state index in [0.717, 1.165) is 48.6 Å². The van der Waals surface area contributed by atoms with Gasteiger partial charge in [0.1, 0.15) is 11.5 Å². The fourth-order valence-electron chi connectivity index (χ4n) is 4.75. The zero-order valence-electron chi connectivity index (χ0n) is 22.1. The minimum atomic E-state index is -4.65. The predicted molar refractivity (Wildman–Crippen MR) is 143 cm³/mol. The number of anilines is 1. The minimum absolute atomic E-state index is 0.0518. The van der Waals surface area contributed by atoms with E-state index in [2.05, 4.69) is 20.5 Å². The summed E-state index contributed by atoms with van der Waals surface area (Å²) in [5.41, 5.74) is 1.93. The lowest BCUT2D eigenvalue weighted by molar-refractivity contribution is -0.141. The highest BCUT2D eigenvalue weighted by molar-refractivity contribution is 6.05. The molecule has 1 fully saturated rings. The number of hydrogen-bond donors (Lipinski definition) is 3. The number of likely N-dealkylation sites (tertiary alicyclic amines) is 1. The van der Waals surface area contributed by atoms with Crippen LogP contribution in [0, 0.1) is 12.8 Å². The van der Waals surface area contributed by atoms with Crippen molar-refractivity contribution in [3.63, 3.8) is 0 Å². The SMILES string of the molecule is Cc1ccc(NC(=O)c2ccnc(C(F)(F)F)c2)cc1C1=CC(NCCO)=NC(OCCN2CCCC2)C1C.